The summed E-state index contributed by atoms with van der Waals surface area (Å²) in [7, 11) is 1.87. The zero-order valence-corrected chi connectivity index (χ0v) is 13.0. The van der Waals surface area contributed by atoms with E-state index < -0.39 is 0 Å². The van der Waals surface area contributed by atoms with Crippen molar-refractivity contribution in [2.24, 2.45) is 10.9 Å². The van der Waals surface area contributed by atoms with Crippen LogP contribution < -0.4 is 10.1 Å². The minimum absolute atomic E-state index is 0.210. The van der Waals surface area contributed by atoms with Crippen LogP contribution >= 0.6 is 0 Å². The van der Waals surface area contributed by atoms with E-state index in [1.165, 1.54) is 18.4 Å². The molecule has 114 valence electrons. The fraction of sp³-hybridized carbons (Fsp3) is 0.588. The van der Waals surface area contributed by atoms with Gasteiger partial charge in [-0.2, -0.15) is 0 Å². The van der Waals surface area contributed by atoms with Crippen molar-refractivity contribution in [3.8, 4) is 5.75 Å². The SMILES string of the molecule is CN=C(NCC1Cc2ccccc2O1)N1CCCC(C)C1. The highest BCUT2D eigenvalue weighted by Crippen LogP contribution is 2.27. The van der Waals surface area contributed by atoms with E-state index in [9.17, 15) is 0 Å². The Morgan fingerprint density at radius 1 is 1.43 bits per heavy atom. The molecule has 4 heteroatoms. The zero-order chi connectivity index (χ0) is 14.7. The molecule has 1 fully saturated rings. The summed E-state index contributed by atoms with van der Waals surface area (Å²) in [6.07, 6.45) is 3.78. The number of hydrogen-bond acceptors (Lipinski definition) is 2. The summed E-state index contributed by atoms with van der Waals surface area (Å²) < 4.78 is 5.97. The van der Waals surface area contributed by atoms with Crippen LogP contribution in [0.1, 0.15) is 25.3 Å². The molecule has 2 heterocycles. The quantitative estimate of drug-likeness (QED) is 0.670. The molecular formula is C17H25N3O. The molecule has 0 aromatic heterocycles. The lowest BCUT2D eigenvalue weighted by Crippen LogP contribution is -2.48. The Balaban J connectivity index is 1.53. The Kier molecular flexibility index (Phi) is 4.32. The number of para-hydroxylation sites is 1. The van der Waals surface area contributed by atoms with Crippen molar-refractivity contribution in [3.63, 3.8) is 0 Å². The average Bonchev–Trinajstić information content (AvgIpc) is 2.91. The Morgan fingerprint density at radius 2 is 2.29 bits per heavy atom. The summed E-state index contributed by atoms with van der Waals surface area (Å²) in [6.45, 7) is 5.34. The van der Waals surface area contributed by atoms with E-state index in [0.29, 0.717) is 0 Å². The van der Waals surface area contributed by atoms with Crippen molar-refractivity contribution in [1.29, 1.82) is 0 Å². The third-order valence-electron chi connectivity index (χ3n) is 4.37. The molecule has 1 aromatic rings. The van der Waals surface area contributed by atoms with E-state index in [1.54, 1.807) is 0 Å². The molecule has 2 aliphatic heterocycles. The van der Waals surface area contributed by atoms with Gasteiger partial charge in [-0.05, 0) is 30.4 Å². The number of hydrogen-bond donors (Lipinski definition) is 1. The molecule has 0 amide bonds. The van der Waals surface area contributed by atoms with Crippen molar-refractivity contribution < 1.29 is 4.74 Å². The van der Waals surface area contributed by atoms with Crippen LogP contribution in [0.3, 0.4) is 0 Å². The van der Waals surface area contributed by atoms with Crippen LogP contribution in [0.25, 0.3) is 0 Å². The highest BCUT2D eigenvalue weighted by atomic mass is 16.5. The molecule has 2 aliphatic rings. The fourth-order valence-electron chi connectivity index (χ4n) is 3.29. The number of rotatable bonds is 2. The average molecular weight is 287 g/mol. The number of benzene rings is 1. The Bertz CT molecular complexity index is 490. The summed E-state index contributed by atoms with van der Waals surface area (Å²) in [5.41, 5.74) is 1.31. The van der Waals surface area contributed by atoms with Crippen LogP contribution in [0.4, 0.5) is 0 Å². The molecule has 3 rings (SSSR count). The minimum atomic E-state index is 0.210. The highest BCUT2D eigenvalue weighted by Gasteiger charge is 2.24. The number of nitrogens with one attached hydrogen (secondary N) is 1. The number of nitrogens with zero attached hydrogens (tertiary/aromatic N) is 2. The largest absolute Gasteiger partial charge is 0.488 e. The van der Waals surface area contributed by atoms with Gasteiger partial charge in [0.15, 0.2) is 5.96 Å². The van der Waals surface area contributed by atoms with E-state index in [4.69, 9.17) is 4.74 Å². The molecule has 2 atom stereocenters. The smallest absolute Gasteiger partial charge is 0.193 e. The van der Waals surface area contributed by atoms with Crippen molar-refractivity contribution in [2.75, 3.05) is 26.7 Å². The first-order chi connectivity index (χ1) is 10.3. The summed E-state index contributed by atoms with van der Waals surface area (Å²) >= 11 is 0. The number of fused-ring (bicyclic) bond motifs is 1. The first kappa shape index (κ1) is 14.2. The second-order valence-corrected chi connectivity index (χ2v) is 6.17. The lowest BCUT2D eigenvalue weighted by Gasteiger charge is -2.33. The Morgan fingerprint density at radius 3 is 3.05 bits per heavy atom. The third kappa shape index (κ3) is 3.31. The van der Waals surface area contributed by atoms with Gasteiger partial charge >= 0.3 is 0 Å². The van der Waals surface area contributed by atoms with Crippen LogP contribution in [0.15, 0.2) is 29.3 Å². The fourth-order valence-corrected chi connectivity index (χ4v) is 3.29. The van der Waals surface area contributed by atoms with Gasteiger partial charge in [0.2, 0.25) is 0 Å². The van der Waals surface area contributed by atoms with Crippen LogP contribution in [0.5, 0.6) is 5.75 Å². The number of aliphatic imine (C=N–C) groups is 1. The third-order valence-corrected chi connectivity index (χ3v) is 4.37. The summed E-state index contributed by atoms with van der Waals surface area (Å²) in [5, 5.41) is 3.49. The molecule has 4 nitrogen and oxygen atoms in total. The van der Waals surface area contributed by atoms with Crippen LogP contribution in [-0.2, 0) is 6.42 Å². The van der Waals surface area contributed by atoms with Gasteiger partial charge in [0.25, 0.3) is 0 Å². The number of guanidine groups is 1. The van der Waals surface area contributed by atoms with Crippen LogP contribution in [0, 0.1) is 5.92 Å². The van der Waals surface area contributed by atoms with E-state index in [2.05, 4.69) is 40.3 Å². The van der Waals surface area contributed by atoms with E-state index >= 15 is 0 Å². The molecule has 1 saturated heterocycles. The lowest BCUT2D eigenvalue weighted by molar-refractivity contribution is 0.227. The van der Waals surface area contributed by atoms with E-state index in [0.717, 1.165) is 43.7 Å². The van der Waals surface area contributed by atoms with Gasteiger partial charge in [0.1, 0.15) is 11.9 Å². The monoisotopic (exact) mass is 287 g/mol. The predicted molar refractivity (Wildman–Crippen MR) is 85.9 cm³/mol. The van der Waals surface area contributed by atoms with Crippen molar-refractivity contribution in [1.82, 2.24) is 10.2 Å². The van der Waals surface area contributed by atoms with Crippen LogP contribution in [-0.4, -0.2) is 43.6 Å². The molecule has 0 spiro atoms. The van der Waals surface area contributed by atoms with Crippen molar-refractivity contribution in [3.05, 3.63) is 29.8 Å². The number of likely N-dealkylation sites (tertiary alicyclic amines) is 1. The molecule has 0 bridgehead atoms. The molecule has 0 aliphatic carbocycles. The summed E-state index contributed by atoms with van der Waals surface area (Å²) in [5.74, 6) is 2.80. The maximum absolute atomic E-state index is 5.97. The summed E-state index contributed by atoms with van der Waals surface area (Å²) in [6, 6.07) is 8.31. The Labute approximate surface area is 127 Å². The maximum Gasteiger partial charge on any atom is 0.193 e. The van der Waals surface area contributed by atoms with Crippen LogP contribution in [0.2, 0.25) is 0 Å². The topological polar surface area (TPSA) is 36.9 Å². The molecule has 0 radical (unpaired) electrons. The first-order valence-electron chi connectivity index (χ1n) is 7.96. The van der Waals surface area contributed by atoms with Gasteiger partial charge in [-0.3, -0.25) is 4.99 Å². The van der Waals surface area contributed by atoms with Gasteiger partial charge < -0.3 is 15.0 Å². The summed E-state index contributed by atoms with van der Waals surface area (Å²) in [4.78, 5) is 6.80. The standard InChI is InChI=1S/C17H25N3O/c1-13-6-5-9-20(12-13)17(18-2)19-11-15-10-14-7-3-4-8-16(14)21-15/h3-4,7-8,13,15H,5-6,9-12H2,1-2H3,(H,18,19). The molecule has 0 saturated carbocycles. The van der Waals surface area contributed by atoms with E-state index in [-0.39, 0.29) is 6.10 Å². The zero-order valence-electron chi connectivity index (χ0n) is 13.0. The highest BCUT2D eigenvalue weighted by molar-refractivity contribution is 5.80. The minimum Gasteiger partial charge on any atom is -0.488 e. The van der Waals surface area contributed by atoms with Crippen molar-refractivity contribution in [2.45, 2.75) is 32.3 Å². The van der Waals surface area contributed by atoms with E-state index in [1.807, 2.05) is 13.1 Å². The van der Waals surface area contributed by atoms with Gasteiger partial charge in [-0.15, -0.1) is 0 Å². The molecule has 1 aromatic carbocycles. The predicted octanol–water partition coefficient (Wildman–Crippen LogP) is 2.30. The Hall–Kier alpha value is -1.71. The van der Waals surface area contributed by atoms with Crippen molar-refractivity contribution >= 4 is 5.96 Å². The molecular weight excluding hydrogens is 262 g/mol. The molecule has 1 N–H and O–H groups in total. The van der Waals surface area contributed by atoms with Gasteiger partial charge in [-0.25, -0.2) is 0 Å². The number of piperidine rings is 1. The second kappa shape index (κ2) is 6.37. The lowest BCUT2D eigenvalue weighted by atomic mass is 10.0. The number of ether oxygens (including phenoxy) is 1. The normalized spacial score (nSPS) is 25.4. The van der Waals surface area contributed by atoms with Gasteiger partial charge in [-0.1, -0.05) is 25.1 Å². The second-order valence-electron chi connectivity index (χ2n) is 6.17. The van der Waals surface area contributed by atoms with Gasteiger partial charge in [0, 0.05) is 26.6 Å². The first-order valence-corrected chi connectivity index (χ1v) is 7.96. The molecule has 2 unspecified atom stereocenters. The van der Waals surface area contributed by atoms with Gasteiger partial charge in [0.05, 0.1) is 6.54 Å². The maximum atomic E-state index is 5.97. The molecule has 21 heavy (non-hydrogen) atoms.